The van der Waals surface area contributed by atoms with E-state index in [0.29, 0.717) is 6.04 Å². The van der Waals surface area contributed by atoms with E-state index in [1.165, 1.54) is 17.9 Å². The van der Waals surface area contributed by atoms with Gasteiger partial charge in [-0.15, -0.1) is 0 Å². The van der Waals surface area contributed by atoms with Crippen LogP contribution in [-0.2, 0) is 13.1 Å². The summed E-state index contributed by atoms with van der Waals surface area (Å²) < 4.78 is 2.24. The smallest absolute Gasteiger partial charge is 0.122 e. The van der Waals surface area contributed by atoms with Gasteiger partial charge >= 0.3 is 0 Å². The van der Waals surface area contributed by atoms with Crippen LogP contribution in [0.2, 0.25) is 0 Å². The van der Waals surface area contributed by atoms with Gasteiger partial charge in [-0.25, -0.2) is 4.98 Å². The summed E-state index contributed by atoms with van der Waals surface area (Å²) in [4.78, 5) is 4.40. The van der Waals surface area contributed by atoms with Crippen LogP contribution < -0.4 is 5.32 Å². The highest BCUT2D eigenvalue weighted by atomic mass is 32.2. The van der Waals surface area contributed by atoms with Gasteiger partial charge in [0.1, 0.15) is 5.82 Å². The average molecular weight is 255 g/mol. The fraction of sp³-hybridized carbons (Fsp3) is 0.769. The Morgan fingerprint density at radius 2 is 2.29 bits per heavy atom. The minimum atomic E-state index is 0.570. The summed E-state index contributed by atoms with van der Waals surface area (Å²) in [5, 5.41) is 3.55. The van der Waals surface area contributed by atoms with Crippen LogP contribution in [0.5, 0.6) is 0 Å². The molecule has 3 nitrogen and oxygen atoms in total. The molecule has 0 spiro atoms. The number of hydrogen-bond donors (Lipinski definition) is 1. The summed E-state index contributed by atoms with van der Waals surface area (Å²) in [7, 11) is 0. The van der Waals surface area contributed by atoms with Crippen LogP contribution in [0.3, 0.4) is 0 Å². The van der Waals surface area contributed by atoms with Crippen molar-refractivity contribution in [3.8, 4) is 0 Å². The maximum absolute atomic E-state index is 4.40. The lowest BCUT2D eigenvalue weighted by Gasteiger charge is -2.14. The van der Waals surface area contributed by atoms with Gasteiger partial charge in [-0.3, -0.25) is 0 Å². The van der Waals surface area contributed by atoms with Crippen LogP contribution in [0.1, 0.15) is 39.4 Å². The summed E-state index contributed by atoms with van der Waals surface area (Å²) in [6.45, 7) is 8.61. The van der Waals surface area contributed by atoms with Crippen LogP contribution in [0.25, 0.3) is 0 Å². The molecule has 0 saturated carbocycles. The number of aryl methyl sites for hydroxylation is 1. The number of rotatable bonds is 9. The lowest BCUT2D eigenvalue weighted by Crippen LogP contribution is -2.27. The van der Waals surface area contributed by atoms with E-state index in [-0.39, 0.29) is 0 Å². The Labute approximate surface area is 109 Å². The number of nitrogens with one attached hydrogen (secondary N) is 1. The molecule has 0 amide bonds. The molecule has 0 aliphatic rings. The van der Waals surface area contributed by atoms with E-state index in [0.717, 1.165) is 25.3 Å². The van der Waals surface area contributed by atoms with E-state index < -0.39 is 0 Å². The topological polar surface area (TPSA) is 29.9 Å². The molecule has 1 aromatic heterocycles. The third-order valence-corrected chi connectivity index (χ3v) is 3.71. The highest BCUT2D eigenvalue weighted by Gasteiger charge is 2.05. The normalized spacial score (nSPS) is 12.9. The Morgan fingerprint density at radius 1 is 1.47 bits per heavy atom. The molecule has 4 heteroatoms. The third-order valence-electron chi connectivity index (χ3n) is 2.77. The number of thioether (sulfide) groups is 1. The van der Waals surface area contributed by atoms with E-state index in [1.807, 2.05) is 18.0 Å². The number of nitrogens with zero attached hydrogens (tertiary/aromatic N) is 2. The molecule has 1 rings (SSSR count). The predicted molar refractivity (Wildman–Crippen MR) is 76.4 cm³/mol. The molecule has 0 fully saturated rings. The molecule has 1 aromatic rings. The van der Waals surface area contributed by atoms with E-state index in [4.69, 9.17) is 0 Å². The zero-order valence-corrected chi connectivity index (χ0v) is 12.1. The van der Waals surface area contributed by atoms with E-state index >= 15 is 0 Å². The molecule has 0 bridgehead atoms. The fourth-order valence-electron chi connectivity index (χ4n) is 1.72. The van der Waals surface area contributed by atoms with E-state index in [9.17, 15) is 0 Å². The molecule has 1 unspecified atom stereocenters. The van der Waals surface area contributed by atoms with Crippen LogP contribution in [0.4, 0.5) is 0 Å². The maximum atomic E-state index is 4.40. The zero-order valence-electron chi connectivity index (χ0n) is 11.3. The van der Waals surface area contributed by atoms with Gasteiger partial charge in [0.15, 0.2) is 0 Å². The van der Waals surface area contributed by atoms with Gasteiger partial charge in [-0.2, -0.15) is 11.8 Å². The Morgan fingerprint density at radius 3 is 3.00 bits per heavy atom. The van der Waals surface area contributed by atoms with E-state index in [2.05, 4.69) is 41.8 Å². The molecule has 1 N–H and O–H groups in total. The van der Waals surface area contributed by atoms with Gasteiger partial charge in [-0.1, -0.05) is 13.8 Å². The second-order valence-corrected chi connectivity index (χ2v) is 5.70. The van der Waals surface area contributed by atoms with Crippen LogP contribution in [0, 0.1) is 0 Å². The number of hydrogen-bond acceptors (Lipinski definition) is 3. The summed E-state index contributed by atoms with van der Waals surface area (Å²) in [6, 6.07) is 0.570. The molecule has 98 valence electrons. The van der Waals surface area contributed by atoms with Crippen LogP contribution in [0.15, 0.2) is 12.4 Å². The second kappa shape index (κ2) is 8.59. The molecule has 0 aliphatic carbocycles. The highest BCUT2D eigenvalue weighted by molar-refractivity contribution is 7.99. The van der Waals surface area contributed by atoms with Crippen molar-refractivity contribution < 1.29 is 0 Å². The summed E-state index contributed by atoms with van der Waals surface area (Å²) in [5.41, 5.74) is 0. The van der Waals surface area contributed by atoms with Gasteiger partial charge < -0.3 is 9.88 Å². The Kier molecular flexibility index (Phi) is 7.37. The summed E-state index contributed by atoms with van der Waals surface area (Å²) in [6.07, 6.45) is 6.35. The molecule has 0 saturated heterocycles. The maximum Gasteiger partial charge on any atom is 0.122 e. The lowest BCUT2D eigenvalue weighted by molar-refractivity contribution is 0.508. The van der Waals surface area contributed by atoms with Gasteiger partial charge in [0.05, 0.1) is 6.54 Å². The minimum Gasteiger partial charge on any atom is -0.334 e. The second-order valence-electron chi connectivity index (χ2n) is 4.30. The van der Waals surface area contributed by atoms with Gasteiger partial charge in [0, 0.05) is 25.0 Å². The van der Waals surface area contributed by atoms with Crippen molar-refractivity contribution in [3.05, 3.63) is 18.2 Å². The van der Waals surface area contributed by atoms with Crippen molar-refractivity contribution in [1.82, 2.24) is 14.9 Å². The fourth-order valence-corrected chi connectivity index (χ4v) is 2.53. The molecule has 17 heavy (non-hydrogen) atoms. The molecular formula is C13H25N3S. The van der Waals surface area contributed by atoms with E-state index in [1.54, 1.807) is 0 Å². The van der Waals surface area contributed by atoms with Crippen molar-refractivity contribution in [2.75, 3.05) is 11.5 Å². The standard InChI is InChI=1S/C13H25N3S/c1-4-8-16-9-7-14-13(16)11-15-12(3)6-10-17-5-2/h7,9,12,15H,4-6,8,10-11H2,1-3H3. The van der Waals surface area contributed by atoms with Crippen LogP contribution >= 0.6 is 11.8 Å². The van der Waals surface area contributed by atoms with Gasteiger partial charge in [0.2, 0.25) is 0 Å². The van der Waals surface area contributed by atoms with Crippen molar-refractivity contribution in [1.29, 1.82) is 0 Å². The molecule has 0 aromatic carbocycles. The molecule has 0 aliphatic heterocycles. The number of aromatic nitrogens is 2. The quantitative estimate of drug-likeness (QED) is 0.688. The van der Waals surface area contributed by atoms with Crippen LogP contribution in [-0.4, -0.2) is 27.1 Å². The Bertz CT molecular complexity index is 299. The first kappa shape index (κ1) is 14.6. The largest absolute Gasteiger partial charge is 0.334 e. The Balaban J connectivity index is 2.26. The first-order chi connectivity index (χ1) is 8.27. The third kappa shape index (κ3) is 5.59. The summed E-state index contributed by atoms with van der Waals surface area (Å²) >= 11 is 2.01. The minimum absolute atomic E-state index is 0.570. The molecule has 1 atom stereocenters. The molecular weight excluding hydrogens is 230 g/mol. The van der Waals surface area contributed by atoms with Crippen molar-refractivity contribution in [3.63, 3.8) is 0 Å². The zero-order chi connectivity index (χ0) is 12.5. The lowest BCUT2D eigenvalue weighted by atomic mass is 10.2. The van der Waals surface area contributed by atoms with Gasteiger partial charge in [-0.05, 0) is 31.3 Å². The van der Waals surface area contributed by atoms with Crippen molar-refractivity contribution >= 4 is 11.8 Å². The number of imidazole rings is 1. The Hall–Kier alpha value is -0.480. The predicted octanol–water partition coefficient (Wildman–Crippen LogP) is 2.91. The molecule has 1 heterocycles. The summed E-state index contributed by atoms with van der Waals surface area (Å²) in [5.74, 6) is 3.61. The SMILES string of the molecule is CCCn1ccnc1CNC(C)CCSCC. The highest BCUT2D eigenvalue weighted by Crippen LogP contribution is 2.05. The van der Waals surface area contributed by atoms with Gasteiger partial charge in [0.25, 0.3) is 0 Å². The average Bonchev–Trinajstić information content (AvgIpc) is 2.75. The first-order valence-electron chi connectivity index (χ1n) is 6.59. The monoisotopic (exact) mass is 255 g/mol. The van der Waals surface area contributed by atoms with Crippen molar-refractivity contribution in [2.45, 2.75) is 52.7 Å². The first-order valence-corrected chi connectivity index (χ1v) is 7.74. The van der Waals surface area contributed by atoms with Crippen molar-refractivity contribution in [2.24, 2.45) is 0 Å². The molecule has 0 radical (unpaired) electrons.